The minimum Gasteiger partial charge on any atom is -0.420 e. The van der Waals surface area contributed by atoms with Gasteiger partial charge in [0.25, 0.3) is 5.69 Å². The second kappa shape index (κ2) is 7.99. The molecule has 1 atom stereocenters. The zero-order valence-electron chi connectivity index (χ0n) is 17.0. The fraction of sp³-hybridized carbons (Fsp3) is 0.0833. The summed E-state index contributed by atoms with van der Waals surface area (Å²) >= 11 is 0. The Balaban J connectivity index is 2.01. The van der Waals surface area contributed by atoms with E-state index in [0.717, 1.165) is 5.39 Å². The molecule has 4 rings (SSSR count). The van der Waals surface area contributed by atoms with Crippen LogP contribution in [-0.2, 0) is 4.57 Å². The van der Waals surface area contributed by atoms with E-state index in [-0.39, 0.29) is 16.7 Å². The summed E-state index contributed by atoms with van der Waals surface area (Å²) in [5, 5.41) is 13.3. The van der Waals surface area contributed by atoms with E-state index in [2.05, 4.69) is 0 Å². The van der Waals surface area contributed by atoms with Gasteiger partial charge in [-0.05, 0) is 42.5 Å². The lowest BCUT2D eigenvalue weighted by molar-refractivity contribution is -0.384. The molecule has 4 aromatic rings. The summed E-state index contributed by atoms with van der Waals surface area (Å²) in [5.74, 6) is 0.143. The quantitative estimate of drug-likeness (QED) is 0.240. The Kier molecular flexibility index (Phi) is 5.36. The first-order valence-corrected chi connectivity index (χ1v) is 11.2. The Morgan fingerprint density at radius 1 is 0.871 bits per heavy atom. The molecular formula is C24H20NO5P. The summed E-state index contributed by atoms with van der Waals surface area (Å²) < 4.78 is 19.2. The lowest BCUT2D eigenvalue weighted by Gasteiger charge is -2.20. The smallest absolute Gasteiger partial charge is 0.408 e. The van der Waals surface area contributed by atoms with Gasteiger partial charge in [-0.25, -0.2) is 4.57 Å². The molecule has 0 aliphatic carbocycles. The average molecular weight is 433 g/mol. The molecular weight excluding hydrogens is 413 g/mol. The molecule has 156 valence electrons. The van der Waals surface area contributed by atoms with Crippen molar-refractivity contribution in [2.45, 2.75) is 13.8 Å². The number of aryl methyl sites for hydroxylation is 2. The standard InChI is InChI=1S/C24H20NO5P/c1-16-8-3-6-13-22(16)31(28,29)30-24-19-11-5-4-10-18(19)14-15-20(24)23-17(2)9-7-12-21(23)25(26)27/h3-15H,1-2H3,(H,28,29). The van der Waals surface area contributed by atoms with Crippen LogP contribution in [0, 0.1) is 24.0 Å². The molecule has 31 heavy (non-hydrogen) atoms. The number of fused-ring (bicyclic) bond motifs is 1. The maximum atomic E-state index is 13.3. The summed E-state index contributed by atoms with van der Waals surface area (Å²) in [7, 11) is -4.28. The SMILES string of the molecule is Cc1ccccc1P(=O)(O)Oc1c(-c2c(C)cccc2[N+](=O)[O-])ccc2ccccc12. The highest BCUT2D eigenvalue weighted by Gasteiger charge is 2.30. The minimum absolute atomic E-state index is 0.0937. The van der Waals surface area contributed by atoms with Gasteiger partial charge < -0.3 is 9.42 Å². The topological polar surface area (TPSA) is 89.7 Å². The van der Waals surface area contributed by atoms with Gasteiger partial charge in [-0.3, -0.25) is 10.1 Å². The maximum Gasteiger partial charge on any atom is 0.408 e. The van der Waals surface area contributed by atoms with Gasteiger partial charge in [-0.2, -0.15) is 0 Å². The van der Waals surface area contributed by atoms with Crippen LogP contribution < -0.4 is 9.83 Å². The zero-order chi connectivity index (χ0) is 22.2. The molecule has 1 N–H and O–H groups in total. The van der Waals surface area contributed by atoms with Crippen LogP contribution in [0.3, 0.4) is 0 Å². The van der Waals surface area contributed by atoms with Gasteiger partial charge in [0, 0.05) is 17.0 Å². The van der Waals surface area contributed by atoms with E-state index < -0.39 is 12.5 Å². The van der Waals surface area contributed by atoms with Crippen LogP contribution in [0.4, 0.5) is 5.69 Å². The van der Waals surface area contributed by atoms with E-state index in [1.165, 1.54) is 6.07 Å². The third-order valence-electron chi connectivity index (χ3n) is 5.23. The van der Waals surface area contributed by atoms with Crippen molar-refractivity contribution in [2.24, 2.45) is 0 Å². The maximum absolute atomic E-state index is 13.3. The van der Waals surface area contributed by atoms with E-state index in [0.29, 0.717) is 27.6 Å². The molecule has 0 aliphatic rings. The summed E-state index contributed by atoms with van der Waals surface area (Å²) in [5.41, 5.74) is 1.95. The first-order chi connectivity index (χ1) is 14.8. The van der Waals surface area contributed by atoms with E-state index in [4.69, 9.17) is 4.52 Å². The number of nitrogens with zero attached hydrogens (tertiary/aromatic N) is 1. The fourth-order valence-electron chi connectivity index (χ4n) is 3.75. The average Bonchev–Trinajstić information content (AvgIpc) is 2.74. The van der Waals surface area contributed by atoms with Crippen LogP contribution in [-0.4, -0.2) is 9.82 Å². The van der Waals surface area contributed by atoms with Crippen LogP contribution in [0.15, 0.2) is 78.9 Å². The fourth-order valence-corrected chi connectivity index (χ4v) is 5.08. The van der Waals surface area contributed by atoms with Crippen molar-refractivity contribution in [3.05, 3.63) is 100 Å². The number of benzene rings is 4. The number of nitro benzene ring substituents is 1. The van der Waals surface area contributed by atoms with Gasteiger partial charge in [-0.1, -0.05) is 60.7 Å². The molecule has 0 amide bonds. The second-order valence-corrected chi connectivity index (χ2v) is 8.99. The molecule has 7 heteroatoms. The van der Waals surface area contributed by atoms with E-state index in [1.54, 1.807) is 68.4 Å². The van der Waals surface area contributed by atoms with Gasteiger partial charge in [0.1, 0.15) is 5.75 Å². The van der Waals surface area contributed by atoms with Crippen molar-refractivity contribution in [2.75, 3.05) is 0 Å². The first-order valence-electron chi connectivity index (χ1n) is 9.64. The van der Waals surface area contributed by atoms with Crippen LogP contribution in [0.2, 0.25) is 0 Å². The lowest BCUT2D eigenvalue weighted by atomic mass is 9.95. The van der Waals surface area contributed by atoms with Crippen LogP contribution in [0.25, 0.3) is 21.9 Å². The molecule has 0 saturated carbocycles. The highest BCUT2D eigenvalue weighted by Crippen LogP contribution is 2.50. The molecule has 0 radical (unpaired) electrons. The summed E-state index contributed by atoms with van der Waals surface area (Å²) in [6.07, 6.45) is 0. The molecule has 0 fully saturated rings. The van der Waals surface area contributed by atoms with Gasteiger partial charge in [0.15, 0.2) is 0 Å². The monoisotopic (exact) mass is 433 g/mol. The number of hydrogen-bond acceptors (Lipinski definition) is 4. The van der Waals surface area contributed by atoms with E-state index >= 15 is 0 Å². The predicted molar refractivity (Wildman–Crippen MR) is 122 cm³/mol. The number of rotatable bonds is 5. The Morgan fingerprint density at radius 2 is 1.55 bits per heavy atom. The van der Waals surface area contributed by atoms with Crippen molar-refractivity contribution in [3.8, 4) is 16.9 Å². The predicted octanol–water partition coefficient (Wildman–Crippen LogP) is 5.92. The molecule has 0 aromatic heterocycles. The molecule has 0 bridgehead atoms. The first kappa shape index (κ1) is 20.8. The summed E-state index contributed by atoms with van der Waals surface area (Å²) in [6, 6.07) is 22.3. The summed E-state index contributed by atoms with van der Waals surface area (Å²) in [6.45, 7) is 3.50. The molecule has 1 unspecified atom stereocenters. The minimum atomic E-state index is -4.28. The molecule has 0 saturated heterocycles. The van der Waals surface area contributed by atoms with Crippen LogP contribution in [0.5, 0.6) is 5.75 Å². The number of nitro groups is 1. The third-order valence-corrected chi connectivity index (χ3v) is 6.77. The van der Waals surface area contributed by atoms with Crippen LogP contribution >= 0.6 is 7.60 Å². The normalized spacial score (nSPS) is 13.0. The highest BCUT2D eigenvalue weighted by atomic mass is 31.2. The molecule has 6 nitrogen and oxygen atoms in total. The van der Waals surface area contributed by atoms with Crippen LogP contribution in [0.1, 0.15) is 11.1 Å². The Labute approximate surface area is 179 Å². The van der Waals surface area contributed by atoms with Crippen molar-refractivity contribution in [3.63, 3.8) is 0 Å². The van der Waals surface area contributed by atoms with Gasteiger partial charge in [-0.15, -0.1) is 0 Å². The highest BCUT2D eigenvalue weighted by molar-refractivity contribution is 7.61. The summed E-state index contributed by atoms with van der Waals surface area (Å²) in [4.78, 5) is 22.2. The molecule has 4 aromatic carbocycles. The van der Waals surface area contributed by atoms with Gasteiger partial charge in [0.05, 0.1) is 15.8 Å². The lowest BCUT2D eigenvalue weighted by Crippen LogP contribution is -2.13. The molecule has 0 spiro atoms. The van der Waals surface area contributed by atoms with Crippen molar-refractivity contribution >= 4 is 29.4 Å². The third kappa shape index (κ3) is 3.83. The van der Waals surface area contributed by atoms with E-state index in [9.17, 15) is 19.6 Å². The molecule has 0 aliphatic heterocycles. The van der Waals surface area contributed by atoms with Crippen molar-refractivity contribution in [1.82, 2.24) is 0 Å². The molecule has 0 heterocycles. The van der Waals surface area contributed by atoms with Crippen molar-refractivity contribution in [1.29, 1.82) is 0 Å². The Morgan fingerprint density at radius 3 is 2.29 bits per heavy atom. The van der Waals surface area contributed by atoms with Gasteiger partial charge >= 0.3 is 7.60 Å². The Bertz CT molecular complexity index is 1370. The Hall–Kier alpha value is -3.47. The van der Waals surface area contributed by atoms with E-state index in [1.807, 2.05) is 18.2 Å². The zero-order valence-corrected chi connectivity index (χ0v) is 17.9. The van der Waals surface area contributed by atoms with Gasteiger partial charge in [0.2, 0.25) is 0 Å². The number of hydrogen-bond donors (Lipinski definition) is 1. The largest absolute Gasteiger partial charge is 0.420 e. The second-order valence-electron chi connectivity index (χ2n) is 7.29. The van der Waals surface area contributed by atoms with Crippen molar-refractivity contribution < 1.29 is 18.9 Å².